The maximum absolute atomic E-state index is 5.62. The van der Waals surface area contributed by atoms with Crippen molar-refractivity contribution in [2.24, 2.45) is 5.92 Å². The van der Waals surface area contributed by atoms with Gasteiger partial charge >= 0.3 is 0 Å². The van der Waals surface area contributed by atoms with Gasteiger partial charge in [-0.3, -0.25) is 0 Å². The molecule has 19 heavy (non-hydrogen) atoms. The van der Waals surface area contributed by atoms with Crippen LogP contribution in [-0.2, 0) is 4.74 Å². The number of hydrogen-bond acceptors (Lipinski definition) is 1. The van der Waals surface area contributed by atoms with E-state index in [1.54, 1.807) is 0 Å². The van der Waals surface area contributed by atoms with Gasteiger partial charge in [-0.15, -0.1) is 0 Å². The Morgan fingerprint density at radius 1 is 1.11 bits per heavy atom. The summed E-state index contributed by atoms with van der Waals surface area (Å²) in [5.74, 6) is 1.17. The Kier molecular flexibility index (Phi) is 6.86. The summed E-state index contributed by atoms with van der Waals surface area (Å²) >= 11 is 0. The lowest BCUT2D eigenvalue weighted by atomic mass is 10.0. The molecule has 0 unspecified atom stereocenters. The van der Waals surface area contributed by atoms with E-state index in [2.05, 4.69) is 71.0 Å². The van der Waals surface area contributed by atoms with Crippen LogP contribution < -0.4 is 0 Å². The van der Waals surface area contributed by atoms with E-state index in [0.29, 0.717) is 17.9 Å². The fraction of sp³-hybridized carbons (Fsp3) is 0.556. The lowest BCUT2D eigenvalue weighted by Crippen LogP contribution is -2.10. The number of rotatable bonds is 7. The van der Waals surface area contributed by atoms with Gasteiger partial charge in [0, 0.05) is 6.61 Å². The fourth-order valence-electron chi connectivity index (χ4n) is 1.88. The summed E-state index contributed by atoms with van der Waals surface area (Å²) in [6.07, 6.45) is 5.87. The molecule has 1 rings (SSSR count). The standard InChI is InChI=1S/C18H28O/c1-14(2)18-11-7-10-17(12-18)9-6-8-16(5)13-19-15(3)4/h6-7,9-12,14-16H,8,13H2,1-5H3/b9-6+/t16-/m1/s1. The maximum Gasteiger partial charge on any atom is 0.0519 e. The smallest absolute Gasteiger partial charge is 0.0519 e. The maximum atomic E-state index is 5.62. The molecule has 0 fully saturated rings. The van der Waals surface area contributed by atoms with E-state index < -0.39 is 0 Å². The van der Waals surface area contributed by atoms with Crippen molar-refractivity contribution in [3.05, 3.63) is 41.5 Å². The third-order valence-corrected chi connectivity index (χ3v) is 3.14. The predicted molar refractivity (Wildman–Crippen MR) is 84.4 cm³/mol. The first-order valence-corrected chi connectivity index (χ1v) is 7.37. The lowest BCUT2D eigenvalue weighted by molar-refractivity contribution is 0.0560. The number of ether oxygens (including phenoxy) is 1. The molecule has 106 valence electrons. The quantitative estimate of drug-likeness (QED) is 0.648. The summed E-state index contributed by atoms with van der Waals surface area (Å²) < 4.78 is 5.62. The van der Waals surface area contributed by atoms with E-state index >= 15 is 0 Å². The highest BCUT2D eigenvalue weighted by molar-refractivity contribution is 5.50. The Morgan fingerprint density at radius 2 is 1.84 bits per heavy atom. The highest BCUT2D eigenvalue weighted by Gasteiger charge is 2.02. The van der Waals surface area contributed by atoms with Crippen LogP contribution in [0.2, 0.25) is 0 Å². The molecule has 0 heterocycles. The molecule has 0 amide bonds. The minimum absolute atomic E-state index is 0.328. The first-order valence-electron chi connectivity index (χ1n) is 7.37. The third kappa shape index (κ3) is 6.58. The molecule has 0 radical (unpaired) electrons. The largest absolute Gasteiger partial charge is 0.379 e. The predicted octanol–water partition coefficient (Wildman–Crippen LogP) is 5.27. The zero-order valence-corrected chi connectivity index (χ0v) is 13.0. The molecule has 0 aliphatic carbocycles. The van der Waals surface area contributed by atoms with Crippen LogP contribution >= 0.6 is 0 Å². The van der Waals surface area contributed by atoms with E-state index in [1.165, 1.54) is 11.1 Å². The number of benzene rings is 1. The van der Waals surface area contributed by atoms with Gasteiger partial charge in [0.2, 0.25) is 0 Å². The monoisotopic (exact) mass is 260 g/mol. The van der Waals surface area contributed by atoms with Crippen LogP contribution in [0.1, 0.15) is 58.1 Å². The SMILES string of the molecule is CC(C)OC[C@H](C)C/C=C/c1cccc(C(C)C)c1. The van der Waals surface area contributed by atoms with Gasteiger partial charge in [-0.05, 0) is 43.2 Å². The molecule has 1 atom stereocenters. The van der Waals surface area contributed by atoms with Gasteiger partial charge in [0.05, 0.1) is 6.10 Å². The zero-order valence-electron chi connectivity index (χ0n) is 13.0. The molecular weight excluding hydrogens is 232 g/mol. The summed E-state index contributed by atoms with van der Waals surface area (Å²) in [6.45, 7) is 11.7. The minimum Gasteiger partial charge on any atom is -0.379 e. The molecule has 1 heteroatoms. The van der Waals surface area contributed by atoms with Crippen molar-refractivity contribution in [2.45, 2.75) is 53.1 Å². The summed E-state index contributed by atoms with van der Waals surface area (Å²) in [7, 11) is 0. The van der Waals surface area contributed by atoms with Crippen molar-refractivity contribution in [3.8, 4) is 0 Å². The number of hydrogen-bond donors (Lipinski definition) is 0. The summed E-state index contributed by atoms with van der Waals surface area (Å²) in [4.78, 5) is 0. The molecule has 0 N–H and O–H groups in total. The van der Waals surface area contributed by atoms with Crippen LogP contribution in [0.15, 0.2) is 30.3 Å². The molecule has 0 saturated heterocycles. The Labute approximate surface area is 118 Å². The van der Waals surface area contributed by atoms with Gasteiger partial charge < -0.3 is 4.74 Å². The Balaban J connectivity index is 2.46. The molecular formula is C18H28O. The van der Waals surface area contributed by atoms with E-state index in [-0.39, 0.29) is 0 Å². The van der Waals surface area contributed by atoms with Gasteiger partial charge in [0.25, 0.3) is 0 Å². The van der Waals surface area contributed by atoms with E-state index in [9.17, 15) is 0 Å². The molecule has 0 aliphatic heterocycles. The van der Waals surface area contributed by atoms with E-state index in [0.717, 1.165) is 13.0 Å². The molecule has 1 aromatic rings. The van der Waals surface area contributed by atoms with Crippen molar-refractivity contribution in [1.82, 2.24) is 0 Å². The lowest BCUT2D eigenvalue weighted by Gasteiger charge is -2.12. The van der Waals surface area contributed by atoms with Gasteiger partial charge in [-0.2, -0.15) is 0 Å². The van der Waals surface area contributed by atoms with Crippen LogP contribution in [0.25, 0.3) is 6.08 Å². The first-order chi connectivity index (χ1) is 8.99. The molecule has 1 aromatic carbocycles. The summed E-state index contributed by atoms with van der Waals surface area (Å²) in [5.41, 5.74) is 2.70. The van der Waals surface area contributed by atoms with Crippen LogP contribution in [0.3, 0.4) is 0 Å². The van der Waals surface area contributed by atoms with Crippen LogP contribution in [0, 0.1) is 5.92 Å². The zero-order chi connectivity index (χ0) is 14.3. The van der Waals surface area contributed by atoms with Crippen molar-refractivity contribution >= 4 is 6.08 Å². The van der Waals surface area contributed by atoms with Crippen molar-refractivity contribution in [1.29, 1.82) is 0 Å². The van der Waals surface area contributed by atoms with Gasteiger partial charge in [-0.1, -0.05) is 57.2 Å². The Bertz CT molecular complexity index is 390. The topological polar surface area (TPSA) is 9.23 Å². The molecule has 0 saturated carbocycles. The van der Waals surface area contributed by atoms with Crippen LogP contribution in [-0.4, -0.2) is 12.7 Å². The van der Waals surface area contributed by atoms with E-state index in [1.807, 2.05) is 0 Å². The molecule has 0 aromatic heterocycles. The summed E-state index contributed by atoms with van der Waals surface area (Å²) in [6, 6.07) is 8.77. The minimum atomic E-state index is 0.328. The second-order valence-electron chi connectivity index (χ2n) is 5.95. The fourth-order valence-corrected chi connectivity index (χ4v) is 1.88. The van der Waals surface area contributed by atoms with Crippen LogP contribution in [0.4, 0.5) is 0 Å². The van der Waals surface area contributed by atoms with E-state index in [4.69, 9.17) is 4.74 Å². The number of allylic oxidation sites excluding steroid dienone is 1. The first kappa shape index (κ1) is 16.0. The molecule has 1 nitrogen and oxygen atoms in total. The van der Waals surface area contributed by atoms with Gasteiger partial charge in [-0.25, -0.2) is 0 Å². The van der Waals surface area contributed by atoms with Crippen molar-refractivity contribution in [3.63, 3.8) is 0 Å². The second kappa shape index (κ2) is 8.16. The highest BCUT2D eigenvalue weighted by Crippen LogP contribution is 2.17. The van der Waals surface area contributed by atoms with Crippen molar-refractivity contribution in [2.75, 3.05) is 6.61 Å². The Morgan fingerprint density at radius 3 is 2.47 bits per heavy atom. The van der Waals surface area contributed by atoms with Crippen molar-refractivity contribution < 1.29 is 4.74 Å². The third-order valence-electron chi connectivity index (χ3n) is 3.14. The summed E-state index contributed by atoms with van der Waals surface area (Å²) in [5, 5.41) is 0. The normalized spacial score (nSPS) is 13.6. The van der Waals surface area contributed by atoms with Gasteiger partial charge in [0.1, 0.15) is 0 Å². The average Bonchev–Trinajstić information content (AvgIpc) is 2.36. The highest BCUT2D eigenvalue weighted by atomic mass is 16.5. The molecule has 0 bridgehead atoms. The van der Waals surface area contributed by atoms with Crippen LogP contribution in [0.5, 0.6) is 0 Å². The average molecular weight is 260 g/mol. The molecule has 0 spiro atoms. The molecule has 0 aliphatic rings. The second-order valence-corrected chi connectivity index (χ2v) is 5.95. The van der Waals surface area contributed by atoms with Gasteiger partial charge in [0.15, 0.2) is 0 Å². The Hall–Kier alpha value is -1.08.